The van der Waals surface area contributed by atoms with E-state index in [0.717, 1.165) is 21.2 Å². The highest BCUT2D eigenvalue weighted by atomic mass is 79.9. The van der Waals surface area contributed by atoms with Crippen LogP contribution in [0.15, 0.2) is 65.0 Å². The molecule has 3 rings (SSSR count). The molecule has 1 aromatic heterocycles. The lowest BCUT2D eigenvalue weighted by atomic mass is 10.0. The second kappa shape index (κ2) is 7.25. The van der Waals surface area contributed by atoms with Crippen LogP contribution < -0.4 is 5.32 Å². The molecule has 0 unspecified atom stereocenters. The first-order valence-electron chi connectivity index (χ1n) is 7.59. The zero-order valence-corrected chi connectivity index (χ0v) is 15.9. The van der Waals surface area contributed by atoms with E-state index in [4.69, 9.17) is 0 Å². The smallest absolute Gasteiger partial charge is 0.256 e. The molecule has 1 heterocycles. The van der Waals surface area contributed by atoms with Gasteiger partial charge in [-0.05, 0) is 36.8 Å². The van der Waals surface area contributed by atoms with Gasteiger partial charge in [-0.2, -0.15) is 0 Å². The maximum absolute atomic E-state index is 12.5. The largest absolute Gasteiger partial charge is 0.508 e. The van der Waals surface area contributed by atoms with Crippen molar-refractivity contribution in [3.63, 3.8) is 0 Å². The minimum atomic E-state index is -0.216. The Kier molecular flexibility index (Phi) is 5.06. The van der Waals surface area contributed by atoms with Crippen molar-refractivity contribution in [3.8, 4) is 11.1 Å². The Morgan fingerprint density at radius 1 is 1.12 bits per heavy atom. The molecule has 0 fully saturated rings. The Hall–Kier alpha value is -2.37. The van der Waals surface area contributed by atoms with Gasteiger partial charge in [0, 0.05) is 21.0 Å². The number of aryl methyl sites for hydroxylation is 1. The Morgan fingerprint density at radius 2 is 1.76 bits per heavy atom. The molecule has 0 aliphatic rings. The predicted molar refractivity (Wildman–Crippen MR) is 108 cm³/mol. The molecule has 0 saturated carbocycles. The van der Waals surface area contributed by atoms with Crippen LogP contribution in [0.5, 0.6) is 0 Å². The number of amides is 1. The highest BCUT2D eigenvalue weighted by Gasteiger charge is 2.18. The fraction of sp³-hybridized carbons (Fsp3) is 0.0500. The van der Waals surface area contributed by atoms with Crippen LogP contribution in [0.2, 0.25) is 0 Å². The summed E-state index contributed by atoms with van der Waals surface area (Å²) < 4.78 is 0.976. The van der Waals surface area contributed by atoms with Crippen molar-refractivity contribution in [1.29, 1.82) is 0 Å². The summed E-state index contributed by atoms with van der Waals surface area (Å²) in [7, 11) is 0. The molecule has 0 aliphatic heterocycles. The number of nitrogens with one attached hydrogen (secondary N) is 1. The number of rotatable bonds is 4. The summed E-state index contributed by atoms with van der Waals surface area (Å²) in [5.74, 6) is -0.287. The summed E-state index contributed by atoms with van der Waals surface area (Å²) in [6.45, 7) is 5.63. The molecular formula is C20H16BrNO2S. The van der Waals surface area contributed by atoms with E-state index in [1.165, 1.54) is 11.3 Å². The van der Waals surface area contributed by atoms with E-state index in [-0.39, 0.29) is 11.7 Å². The van der Waals surface area contributed by atoms with Crippen molar-refractivity contribution >= 4 is 43.9 Å². The molecule has 2 aromatic carbocycles. The number of anilines is 1. The molecule has 5 heteroatoms. The maximum Gasteiger partial charge on any atom is 0.256 e. The number of benzene rings is 2. The number of carbonyl (C=O) groups is 1. The van der Waals surface area contributed by atoms with Crippen LogP contribution in [0, 0.1) is 6.92 Å². The summed E-state index contributed by atoms with van der Waals surface area (Å²) in [4.78, 5) is 12.5. The Morgan fingerprint density at radius 3 is 2.36 bits per heavy atom. The summed E-state index contributed by atoms with van der Waals surface area (Å²) in [6, 6.07) is 15.1. The fourth-order valence-corrected chi connectivity index (χ4v) is 3.71. The molecule has 126 valence electrons. The zero-order chi connectivity index (χ0) is 18.0. The summed E-state index contributed by atoms with van der Waals surface area (Å²) in [6.07, 6.45) is 0. The van der Waals surface area contributed by atoms with Gasteiger partial charge in [-0.3, -0.25) is 4.79 Å². The number of hydrogen-bond donors (Lipinski definition) is 2. The average molecular weight is 414 g/mol. The molecule has 0 radical (unpaired) electrons. The molecular weight excluding hydrogens is 398 g/mol. The SMILES string of the molecule is C=C(O)c1c(-c2ccc(Br)cc2)csc1NC(=O)c1ccc(C)cc1. The number of thiophene rings is 1. The normalized spacial score (nSPS) is 10.5. The minimum Gasteiger partial charge on any atom is -0.508 e. The number of carbonyl (C=O) groups excluding carboxylic acids is 1. The number of hydrogen-bond acceptors (Lipinski definition) is 3. The third-order valence-corrected chi connectivity index (χ3v) is 5.20. The molecule has 3 nitrogen and oxygen atoms in total. The Balaban J connectivity index is 1.94. The fourth-order valence-electron chi connectivity index (χ4n) is 2.46. The van der Waals surface area contributed by atoms with Gasteiger partial charge in [-0.25, -0.2) is 0 Å². The van der Waals surface area contributed by atoms with Gasteiger partial charge in [0.2, 0.25) is 0 Å². The molecule has 1 amide bonds. The van der Waals surface area contributed by atoms with Gasteiger partial charge in [0.05, 0.1) is 5.56 Å². The molecule has 2 N–H and O–H groups in total. The van der Waals surface area contributed by atoms with Crippen LogP contribution >= 0.6 is 27.3 Å². The summed E-state index contributed by atoms with van der Waals surface area (Å²) >= 11 is 4.78. The monoisotopic (exact) mass is 413 g/mol. The molecule has 0 atom stereocenters. The minimum absolute atomic E-state index is 0.0709. The lowest BCUT2D eigenvalue weighted by Gasteiger charge is -2.08. The van der Waals surface area contributed by atoms with E-state index < -0.39 is 0 Å². The maximum atomic E-state index is 12.5. The third kappa shape index (κ3) is 3.83. The van der Waals surface area contributed by atoms with Gasteiger partial charge in [-0.15, -0.1) is 11.3 Å². The number of aliphatic hydroxyl groups excluding tert-OH is 1. The van der Waals surface area contributed by atoms with Crippen LogP contribution in [0.3, 0.4) is 0 Å². The van der Waals surface area contributed by atoms with Gasteiger partial charge in [-0.1, -0.05) is 52.3 Å². The molecule has 25 heavy (non-hydrogen) atoms. The third-order valence-electron chi connectivity index (χ3n) is 3.78. The number of aliphatic hydroxyl groups is 1. The standard InChI is InChI=1S/C20H16BrNO2S/c1-12-3-5-15(6-4-12)19(24)22-20-18(13(2)23)17(11-25-20)14-7-9-16(21)10-8-14/h3-11,23H,2H2,1H3,(H,22,24). The second-order valence-corrected chi connectivity index (χ2v) is 7.42. The van der Waals surface area contributed by atoms with Crippen molar-refractivity contribution in [2.45, 2.75) is 6.92 Å². The van der Waals surface area contributed by atoms with E-state index in [1.54, 1.807) is 12.1 Å². The van der Waals surface area contributed by atoms with E-state index in [0.29, 0.717) is 16.1 Å². The molecule has 0 spiro atoms. The van der Waals surface area contributed by atoms with Gasteiger partial charge in [0.25, 0.3) is 5.91 Å². The van der Waals surface area contributed by atoms with Crippen LogP contribution in [0.1, 0.15) is 21.5 Å². The van der Waals surface area contributed by atoms with Crippen molar-refractivity contribution in [1.82, 2.24) is 0 Å². The highest BCUT2D eigenvalue weighted by Crippen LogP contribution is 2.39. The van der Waals surface area contributed by atoms with Crippen LogP contribution in [0.25, 0.3) is 16.9 Å². The van der Waals surface area contributed by atoms with Gasteiger partial charge in [0.15, 0.2) is 0 Å². The molecule has 0 aliphatic carbocycles. The zero-order valence-electron chi connectivity index (χ0n) is 13.5. The summed E-state index contributed by atoms with van der Waals surface area (Å²) in [5, 5.41) is 15.4. The second-order valence-electron chi connectivity index (χ2n) is 5.63. The molecule has 0 bridgehead atoms. The van der Waals surface area contributed by atoms with Crippen LogP contribution in [0.4, 0.5) is 5.00 Å². The van der Waals surface area contributed by atoms with Crippen molar-refractivity contribution in [3.05, 3.63) is 81.7 Å². The highest BCUT2D eigenvalue weighted by molar-refractivity contribution is 9.10. The first kappa shape index (κ1) is 17.5. The predicted octanol–water partition coefficient (Wildman–Crippen LogP) is 6.27. The number of halogens is 1. The van der Waals surface area contributed by atoms with Crippen molar-refractivity contribution in [2.75, 3.05) is 5.32 Å². The van der Waals surface area contributed by atoms with Crippen LogP contribution in [-0.4, -0.2) is 11.0 Å². The van der Waals surface area contributed by atoms with E-state index in [2.05, 4.69) is 27.8 Å². The molecule has 0 saturated heterocycles. The van der Waals surface area contributed by atoms with E-state index >= 15 is 0 Å². The summed E-state index contributed by atoms with van der Waals surface area (Å²) in [5.41, 5.74) is 3.99. The Labute approximate surface area is 158 Å². The van der Waals surface area contributed by atoms with Gasteiger partial charge >= 0.3 is 0 Å². The van der Waals surface area contributed by atoms with E-state index in [9.17, 15) is 9.90 Å². The quantitative estimate of drug-likeness (QED) is 0.495. The first-order chi connectivity index (χ1) is 12.0. The first-order valence-corrected chi connectivity index (χ1v) is 9.26. The van der Waals surface area contributed by atoms with E-state index in [1.807, 2.05) is 48.7 Å². The molecule has 3 aromatic rings. The lowest BCUT2D eigenvalue weighted by Crippen LogP contribution is -2.11. The topological polar surface area (TPSA) is 49.3 Å². The van der Waals surface area contributed by atoms with Crippen molar-refractivity contribution < 1.29 is 9.90 Å². The van der Waals surface area contributed by atoms with Crippen molar-refractivity contribution in [2.24, 2.45) is 0 Å². The lowest BCUT2D eigenvalue weighted by molar-refractivity contribution is 0.102. The van der Waals surface area contributed by atoms with Crippen LogP contribution in [-0.2, 0) is 0 Å². The average Bonchev–Trinajstić information content (AvgIpc) is 3.00. The van der Waals surface area contributed by atoms with Gasteiger partial charge in [0.1, 0.15) is 10.8 Å². The Bertz CT molecular complexity index is 927. The van der Waals surface area contributed by atoms with Gasteiger partial charge < -0.3 is 10.4 Å².